The Morgan fingerprint density at radius 2 is 2.06 bits per heavy atom. The minimum absolute atomic E-state index is 0.125. The lowest BCUT2D eigenvalue weighted by Crippen LogP contribution is -2.07. The molecule has 5 heteroatoms. The van der Waals surface area contributed by atoms with Crippen LogP contribution in [-0.2, 0) is 0 Å². The zero-order valence-corrected chi connectivity index (χ0v) is 9.26. The first-order valence-corrected chi connectivity index (χ1v) is 4.97. The van der Waals surface area contributed by atoms with Gasteiger partial charge in [0.1, 0.15) is 0 Å². The molecule has 0 bridgehead atoms. The number of halogens is 2. The van der Waals surface area contributed by atoms with Crippen molar-refractivity contribution in [2.24, 2.45) is 5.73 Å². The van der Waals surface area contributed by atoms with Crippen LogP contribution in [0.15, 0.2) is 6.07 Å². The number of methoxy groups -OCH3 is 1. The number of aromatic hydroxyl groups is 1. The lowest BCUT2D eigenvalue weighted by Gasteiger charge is -2.17. The molecule has 1 atom stereocenters. The van der Waals surface area contributed by atoms with Crippen molar-refractivity contribution in [3.8, 4) is 11.5 Å². The van der Waals surface area contributed by atoms with Gasteiger partial charge in [-0.15, -0.1) is 0 Å². The van der Waals surface area contributed by atoms with Gasteiger partial charge in [0.25, 0.3) is 0 Å². The molecule has 0 radical (unpaired) electrons. The van der Waals surface area contributed by atoms with E-state index in [9.17, 15) is 13.9 Å². The Hall–Kier alpha value is -1.36. The number of rotatable bonds is 4. The van der Waals surface area contributed by atoms with Crippen LogP contribution >= 0.6 is 0 Å². The van der Waals surface area contributed by atoms with Crippen molar-refractivity contribution in [1.82, 2.24) is 0 Å². The first-order valence-electron chi connectivity index (χ1n) is 4.97. The molecule has 0 aliphatic carbocycles. The molecule has 1 aromatic carbocycles. The third-order valence-corrected chi connectivity index (χ3v) is 2.49. The summed E-state index contributed by atoms with van der Waals surface area (Å²) in [5.74, 6) is -2.78. The molecular weight excluding hydrogens is 216 g/mol. The van der Waals surface area contributed by atoms with Crippen molar-refractivity contribution in [2.75, 3.05) is 13.7 Å². The maximum absolute atomic E-state index is 13.4. The summed E-state index contributed by atoms with van der Waals surface area (Å²) in [5.41, 5.74) is 5.50. The molecule has 0 heterocycles. The van der Waals surface area contributed by atoms with E-state index in [2.05, 4.69) is 0 Å². The topological polar surface area (TPSA) is 55.5 Å². The van der Waals surface area contributed by atoms with Gasteiger partial charge in [-0.2, -0.15) is 0 Å². The fourth-order valence-electron chi connectivity index (χ4n) is 1.67. The smallest absolute Gasteiger partial charge is 0.168 e. The van der Waals surface area contributed by atoms with E-state index in [1.165, 1.54) is 7.11 Å². The third kappa shape index (κ3) is 2.24. The Morgan fingerprint density at radius 3 is 2.56 bits per heavy atom. The third-order valence-electron chi connectivity index (χ3n) is 2.49. The summed E-state index contributed by atoms with van der Waals surface area (Å²) in [7, 11) is 1.27. The van der Waals surface area contributed by atoms with E-state index >= 15 is 0 Å². The van der Waals surface area contributed by atoms with E-state index < -0.39 is 17.4 Å². The van der Waals surface area contributed by atoms with Crippen LogP contribution in [0, 0.1) is 11.6 Å². The highest BCUT2D eigenvalue weighted by Gasteiger charge is 2.22. The van der Waals surface area contributed by atoms with Crippen LogP contribution in [0.25, 0.3) is 0 Å². The SMILES string of the molecule is COc1c(F)cc(F)c(O)c1C(C)CCN. The van der Waals surface area contributed by atoms with Crippen molar-refractivity contribution in [3.63, 3.8) is 0 Å². The predicted molar refractivity (Wildman–Crippen MR) is 56.7 cm³/mol. The van der Waals surface area contributed by atoms with Crippen LogP contribution in [0.5, 0.6) is 11.5 Å². The van der Waals surface area contributed by atoms with Crippen molar-refractivity contribution in [3.05, 3.63) is 23.3 Å². The average molecular weight is 231 g/mol. The van der Waals surface area contributed by atoms with E-state index in [-0.39, 0.29) is 17.2 Å². The minimum atomic E-state index is -0.989. The second-order valence-electron chi connectivity index (χ2n) is 3.61. The Labute approximate surface area is 92.8 Å². The molecule has 0 aliphatic heterocycles. The lowest BCUT2D eigenvalue weighted by molar-refractivity contribution is 0.356. The largest absolute Gasteiger partial charge is 0.505 e. The van der Waals surface area contributed by atoms with Gasteiger partial charge in [-0.25, -0.2) is 8.78 Å². The second-order valence-corrected chi connectivity index (χ2v) is 3.61. The van der Waals surface area contributed by atoms with Gasteiger partial charge in [0.05, 0.1) is 7.11 Å². The molecule has 16 heavy (non-hydrogen) atoms. The van der Waals surface area contributed by atoms with Gasteiger partial charge in [0, 0.05) is 11.6 Å². The van der Waals surface area contributed by atoms with E-state index in [0.29, 0.717) is 19.0 Å². The molecule has 0 amide bonds. The van der Waals surface area contributed by atoms with Gasteiger partial charge in [0.15, 0.2) is 23.1 Å². The Balaban J connectivity index is 3.32. The summed E-state index contributed by atoms with van der Waals surface area (Å²) in [6.45, 7) is 2.09. The quantitative estimate of drug-likeness (QED) is 0.834. The zero-order valence-electron chi connectivity index (χ0n) is 9.26. The fourth-order valence-corrected chi connectivity index (χ4v) is 1.67. The lowest BCUT2D eigenvalue weighted by atomic mass is 9.95. The first kappa shape index (κ1) is 12.7. The van der Waals surface area contributed by atoms with Crippen molar-refractivity contribution in [1.29, 1.82) is 0 Å². The molecule has 0 fully saturated rings. The monoisotopic (exact) mass is 231 g/mol. The minimum Gasteiger partial charge on any atom is -0.505 e. The molecule has 0 spiro atoms. The molecule has 3 N–H and O–H groups in total. The summed E-state index contributed by atoms with van der Waals surface area (Å²) in [6, 6.07) is 0.604. The first-order chi connectivity index (χ1) is 7.52. The highest BCUT2D eigenvalue weighted by atomic mass is 19.1. The average Bonchev–Trinajstić information content (AvgIpc) is 2.23. The molecule has 1 rings (SSSR count). The van der Waals surface area contributed by atoms with Gasteiger partial charge in [-0.1, -0.05) is 6.92 Å². The number of ether oxygens (including phenoxy) is 1. The van der Waals surface area contributed by atoms with E-state index in [1.54, 1.807) is 6.92 Å². The van der Waals surface area contributed by atoms with Crippen LogP contribution in [0.3, 0.4) is 0 Å². The van der Waals surface area contributed by atoms with Crippen molar-refractivity contribution < 1.29 is 18.6 Å². The predicted octanol–water partition coefficient (Wildman–Crippen LogP) is 2.13. The summed E-state index contributed by atoms with van der Waals surface area (Å²) in [6.07, 6.45) is 0.507. The van der Waals surface area contributed by atoms with Gasteiger partial charge in [-0.05, 0) is 18.9 Å². The number of nitrogens with two attached hydrogens (primary N) is 1. The van der Waals surface area contributed by atoms with Gasteiger partial charge < -0.3 is 15.6 Å². The summed E-state index contributed by atoms with van der Waals surface area (Å²) in [5, 5.41) is 9.57. The Kier molecular flexibility index (Phi) is 4.06. The maximum Gasteiger partial charge on any atom is 0.168 e. The van der Waals surface area contributed by atoms with Gasteiger partial charge in [0.2, 0.25) is 0 Å². The summed E-state index contributed by atoms with van der Waals surface area (Å²) >= 11 is 0. The van der Waals surface area contributed by atoms with Crippen molar-refractivity contribution in [2.45, 2.75) is 19.3 Å². The van der Waals surface area contributed by atoms with E-state index in [1.807, 2.05) is 0 Å². The molecule has 3 nitrogen and oxygen atoms in total. The number of phenols is 1. The normalized spacial score (nSPS) is 12.6. The second kappa shape index (κ2) is 5.12. The maximum atomic E-state index is 13.4. The molecule has 1 aromatic rings. The number of hydrogen-bond donors (Lipinski definition) is 2. The van der Waals surface area contributed by atoms with Crippen molar-refractivity contribution >= 4 is 0 Å². The fraction of sp³-hybridized carbons (Fsp3) is 0.455. The van der Waals surface area contributed by atoms with Crippen LogP contribution < -0.4 is 10.5 Å². The highest BCUT2D eigenvalue weighted by Crippen LogP contribution is 2.39. The highest BCUT2D eigenvalue weighted by molar-refractivity contribution is 5.48. The molecule has 0 saturated carbocycles. The van der Waals surface area contributed by atoms with Crippen LogP contribution in [0.2, 0.25) is 0 Å². The Bertz CT molecular complexity index is 383. The van der Waals surface area contributed by atoms with E-state index in [0.717, 1.165) is 0 Å². The number of benzene rings is 1. The Morgan fingerprint density at radius 1 is 1.44 bits per heavy atom. The molecule has 1 unspecified atom stereocenters. The molecular formula is C11H15F2NO2. The number of phenolic OH excluding ortho intramolecular Hbond substituents is 1. The molecule has 90 valence electrons. The standard InChI is InChI=1S/C11H15F2NO2/c1-6(3-4-14)9-10(15)7(12)5-8(13)11(9)16-2/h5-6,15H,3-4,14H2,1-2H3. The molecule has 0 aliphatic rings. The summed E-state index contributed by atoms with van der Waals surface area (Å²) in [4.78, 5) is 0. The molecule has 0 aromatic heterocycles. The van der Waals surface area contributed by atoms with Crippen LogP contribution in [0.4, 0.5) is 8.78 Å². The van der Waals surface area contributed by atoms with Gasteiger partial charge >= 0.3 is 0 Å². The summed E-state index contributed by atoms with van der Waals surface area (Å²) < 4.78 is 31.4. The molecule has 0 saturated heterocycles. The van der Waals surface area contributed by atoms with Crippen LogP contribution in [0.1, 0.15) is 24.8 Å². The zero-order chi connectivity index (χ0) is 12.3. The van der Waals surface area contributed by atoms with Crippen LogP contribution in [-0.4, -0.2) is 18.8 Å². The van der Waals surface area contributed by atoms with Gasteiger partial charge in [-0.3, -0.25) is 0 Å². The van der Waals surface area contributed by atoms with E-state index in [4.69, 9.17) is 10.5 Å². The number of hydrogen-bond acceptors (Lipinski definition) is 3.